The largest absolute Gasteiger partial charge is 0.476 e. The first-order chi connectivity index (χ1) is 5.07. The number of quaternary nitrogens is 1. The van der Waals surface area contributed by atoms with Crippen LogP contribution in [0, 0.1) is 0 Å². The van der Waals surface area contributed by atoms with Crippen LogP contribution in [-0.2, 0) is 14.8 Å². The lowest BCUT2D eigenvalue weighted by molar-refractivity contribution is -0.873. The van der Waals surface area contributed by atoms with Crippen LogP contribution in [0.3, 0.4) is 0 Å². The Labute approximate surface area is 71.2 Å². The van der Waals surface area contributed by atoms with E-state index in [-0.39, 0.29) is 4.48 Å². The van der Waals surface area contributed by atoms with Crippen molar-refractivity contribution in [2.75, 3.05) is 21.1 Å². The molecule has 12 heavy (non-hydrogen) atoms. The van der Waals surface area contributed by atoms with E-state index < -0.39 is 21.4 Å². The van der Waals surface area contributed by atoms with Crippen LogP contribution in [-0.4, -0.2) is 50.5 Å². The molecule has 7 heteroatoms. The lowest BCUT2D eigenvalue weighted by atomic mass is 10.5. The quantitative estimate of drug-likeness (QED) is 0.532. The molecule has 0 aliphatic rings. The molecule has 0 aromatic carbocycles. The van der Waals surface area contributed by atoms with Crippen LogP contribution in [0.5, 0.6) is 0 Å². The Morgan fingerprint density at radius 2 is 1.75 bits per heavy atom. The number of aliphatic carboxylic acids is 1. The van der Waals surface area contributed by atoms with E-state index in [0.29, 0.717) is 0 Å². The maximum atomic E-state index is 10.8. The Balaban J connectivity index is 5.11. The van der Waals surface area contributed by atoms with Gasteiger partial charge in [-0.15, -0.1) is 0 Å². The molecule has 0 radical (unpaired) electrons. The first-order valence-corrected chi connectivity index (χ1v) is 4.73. The SMILES string of the molecule is C[N+](C)(C)C(C(=O)O)S(N)(=O)=O. The number of hydrogen-bond acceptors (Lipinski definition) is 3. The topological polar surface area (TPSA) is 97.5 Å². The van der Waals surface area contributed by atoms with Crippen molar-refractivity contribution in [3.63, 3.8) is 0 Å². The number of carboxylic acid groups (broad SMARTS) is 1. The van der Waals surface area contributed by atoms with Crippen LogP contribution in [0.4, 0.5) is 0 Å². The Morgan fingerprint density at radius 1 is 1.42 bits per heavy atom. The minimum Gasteiger partial charge on any atom is -0.476 e. The Morgan fingerprint density at radius 3 is 1.75 bits per heavy atom. The number of rotatable bonds is 3. The molecule has 0 saturated heterocycles. The van der Waals surface area contributed by atoms with Gasteiger partial charge in [-0.05, 0) is 0 Å². The number of carbonyl (C=O) groups is 1. The fourth-order valence-corrected chi connectivity index (χ4v) is 2.08. The maximum Gasteiger partial charge on any atom is 0.380 e. The fraction of sp³-hybridized carbons (Fsp3) is 0.800. The monoisotopic (exact) mass is 197 g/mol. The molecule has 72 valence electrons. The number of hydrogen-bond donors (Lipinski definition) is 2. The van der Waals surface area contributed by atoms with E-state index in [4.69, 9.17) is 10.2 Å². The molecule has 0 spiro atoms. The van der Waals surface area contributed by atoms with Gasteiger partial charge in [-0.1, -0.05) is 0 Å². The molecule has 0 rings (SSSR count). The summed E-state index contributed by atoms with van der Waals surface area (Å²) in [4.78, 5) is 10.5. The van der Waals surface area contributed by atoms with Gasteiger partial charge in [0, 0.05) is 0 Å². The minimum atomic E-state index is -4.05. The van der Waals surface area contributed by atoms with Crippen LogP contribution in [0.15, 0.2) is 0 Å². The maximum absolute atomic E-state index is 10.8. The first kappa shape index (κ1) is 11.3. The summed E-state index contributed by atoms with van der Waals surface area (Å²) in [6, 6.07) is 0. The molecular weight excluding hydrogens is 184 g/mol. The van der Waals surface area contributed by atoms with E-state index >= 15 is 0 Å². The summed E-state index contributed by atoms with van der Waals surface area (Å²) in [6.45, 7) is 0. The van der Waals surface area contributed by atoms with Gasteiger partial charge in [-0.3, -0.25) is 0 Å². The Bertz CT molecular complexity index is 276. The summed E-state index contributed by atoms with van der Waals surface area (Å²) < 4.78 is 21.3. The molecule has 0 aliphatic carbocycles. The van der Waals surface area contributed by atoms with Gasteiger partial charge in [0.15, 0.2) is 0 Å². The van der Waals surface area contributed by atoms with E-state index in [1.54, 1.807) is 0 Å². The van der Waals surface area contributed by atoms with Crippen molar-refractivity contribution in [2.24, 2.45) is 5.14 Å². The van der Waals surface area contributed by atoms with Gasteiger partial charge in [-0.2, -0.15) is 0 Å². The molecule has 0 saturated carbocycles. The normalized spacial score (nSPS) is 15.7. The van der Waals surface area contributed by atoms with Crippen LogP contribution >= 0.6 is 0 Å². The predicted molar refractivity (Wildman–Crippen MR) is 42.6 cm³/mol. The second kappa shape index (κ2) is 3.00. The van der Waals surface area contributed by atoms with Gasteiger partial charge < -0.3 is 9.59 Å². The summed E-state index contributed by atoms with van der Waals surface area (Å²) >= 11 is 0. The highest BCUT2D eigenvalue weighted by atomic mass is 32.2. The third kappa shape index (κ3) is 2.76. The van der Waals surface area contributed by atoms with Crippen molar-refractivity contribution >= 4 is 16.0 Å². The molecular formula is C5H13N2O4S+. The summed E-state index contributed by atoms with van der Waals surface area (Å²) in [5, 5.41) is 11.7. The zero-order chi connectivity index (χ0) is 10.2. The van der Waals surface area contributed by atoms with Crippen LogP contribution < -0.4 is 5.14 Å². The number of primary sulfonamides is 1. The third-order valence-corrected chi connectivity index (χ3v) is 2.68. The molecule has 1 unspecified atom stereocenters. The van der Waals surface area contributed by atoms with E-state index in [2.05, 4.69) is 0 Å². The lowest BCUT2D eigenvalue weighted by Crippen LogP contribution is -2.56. The number of nitrogens with zero attached hydrogens (tertiary/aromatic N) is 1. The molecule has 0 fully saturated rings. The number of carboxylic acids is 1. The second-order valence-corrected chi connectivity index (χ2v) is 5.02. The van der Waals surface area contributed by atoms with Gasteiger partial charge in [0.05, 0.1) is 21.1 Å². The average Bonchev–Trinajstić information content (AvgIpc) is 1.49. The van der Waals surface area contributed by atoms with E-state index in [1.807, 2.05) is 0 Å². The van der Waals surface area contributed by atoms with Crippen LogP contribution in [0.25, 0.3) is 0 Å². The van der Waals surface area contributed by atoms with E-state index in [1.165, 1.54) is 21.1 Å². The van der Waals surface area contributed by atoms with Crippen molar-refractivity contribution in [1.29, 1.82) is 0 Å². The van der Waals surface area contributed by atoms with Gasteiger partial charge >= 0.3 is 11.3 Å². The summed E-state index contributed by atoms with van der Waals surface area (Å²) in [6.07, 6.45) is 0. The average molecular weight is 197 g/mol. The summed E-state index contributed by atoms with van der Waals surface area (Å²) in [7, 11) is 0.294. The van der Waals surface area contributed by atoms with Crippen molar-refractivity contribution in [3.05, 3.63) is 0 Å². The Hall–Kier alpha value is -0.660. The molecule has 0 aliphatic heterocycles. The van der Waals surface area contributed by atoms with Crippen molar-refractivity contribution in [2.45, 2.75) is 5.37 Å². The minimum absolute atomic E-state index is 0.256. The zero-order valence-corrected chi connectivity index (χ0v) is 8.00. The second-order valence-electron chi connectivity index (χ2n) is 3.40. The number of nitrogens with two attached hydrogens (primary N) is 1. The van der Waals surface area contributed by atoms with Crippen LogP contribution in [0.1, 0.15) is 0 Å². The Kier molecular flexibility index (Phi) is 2.83. The highest BCUT2D eigenvalue weighted by molar-refractivity contribution is 7.90. The van der Waals surface area contributed by atoms with Crippen molar-refractivity contribution in [1.82, 2.24) is 0 Å². The third-order valence-electron chi connectivity index (χ3n) is 1.23. The van der Waals surface area contributed by atoms with Gasteiger partial charge in [0.1, 0.15) is 0 Å². The molecule has 1 atom stereocenters. The zero-order valence-electron chi connectivity index (χ0n) is 7.18. The van der Waals surface area contributed by atoms with Gasteiger partial charge in [0.2, 0.25) is 0 Å². The van der Waals surface area contributed by atoms with Crippen LogP contribution in [0.2, 0.25) is 0 Å². The van der Waals surface area contributed by atoms with Gasteiger partial charge in [0.25, 0.3) is 10.0 Å². The molecule has 3 N–H and O–H groups in total. The fourth-order valence-electron chi connectivity index (χ4n) is 0.913. The van der Waals surface area contributed by atoms with Crippen molar-refractivity contribution in [3.8, 4) is 0 Å². The smallest absolute Gasteiger partial charge is 0.380 e. The van der Waals surface area contributed by atoms with E-state index in [0.717, 1.165) is 0 Å². The molecule has 0 heterocycles. The number of likely N-dealkylation sites (N-methyl/N-ethyl adjacent to an activating group) is 1. The highest BCUT2D eigenvalue weighted by Gasteiger charge is 2.41. The van der Waals surface area contributed by atoms with E-state index in [9.17, 15) is 13.2 Å². The molecule has 0 amide bonds. The summed E-state index contributed by atoms with van der Waals surface area (Å²) in [5.41, 5.74) is 0. The van der Waals surface area contributed by atoms with Crippen molar-refractivity contribution < 1.29 is 22.8 Å². The molecule has 0 aromatic rings. The summed E-state index contributed by atoms with van der Waals surface area (Å²) in [5.74, 6) is -1.44. The molecule has 6 nitrogen and oxygen atoms in total. The molecule has 0 aromatic heterocycles. The standard InChI is InChI=1S/C5H12N2O4S/c1-7(2,3)4(5(8)9)12(6,10)11/h4H,1-3H3,(H2-,6,8,9,10,11)/p+1. The highest BCUT2D eigenvalue weighted by Crippen LogP contribution is 2.07. The molecule has 0 bridgehead atoms. The number of sulfonamides is 1. The predicted octanol–water partition coefficient (Wildman–Crippen LogP) is -1.61. The van der Waals surface area contributed by atoms with Gasteiger partial charge in [-0.25, -0.2) is 18.4 Å². The first-order valence-electron chi connectivity index (χ1n) is 3.12. The lowest BCUT2D eigenvalue weighted by Gasteiger charge is -2.28.